The summed E-state index contributed by atoms with van der Waals surface area (Å²) in [5.41, 5.74) is 0. The lowest BCUT2D eigenvalue weighted by Gasteiger charge is -2.18. The molecule has 0 bridgehead atoms. The third kappa shape index (κ3) is 6.53. The van der Waals surface area contributed by atoms with Crippen molar-refractivity contribution in [2.75, 3.05) is 26.2 Å². The molecule has 0 amide bonds. The van der Waals surface area contributed by atoms with E-state index in [9.17, 15) is 0 Å². The van der Waals surface area contributed by atoms with Gasteiger partial charge < -0.3 is 5.11 Å². The Morgan fingerprint density at radius 3 is 2.64 bits per heavy atom. The highest BCUT2D eigenvalue weighted by Gasteiger charge is 2.00. The van der Waals surface area contributed by atoms with Crippen molar-refractivity contribution >= 4 is 15.9 Å². The molecule has 0 fully saturated rings. The second-order valence-electron chi connectivity index (χ2n) is 2.46. The zero-order chi connectivity index (χ0) is 8.69. The Balaban J connectivity index is 3.49. The molecule has 1 N–H and O–H groups in total. The van der Waals surface area contributed by atoms with E-state index < -0.39 is 0 Å². The first kappa shape index (κ1) is 11.1. The monoisotopic (exact) mass is 221 g/mol. The van der Waals surface area contributed by atoms with Gasteiger partial charge in [-0.3, -0.25) is 4.90 Å². The fourth-order valence-electron chi connectivity index (χ4n) is 0.886. The SMILES string of the molecule is C=C(Br)CN(CC)CCCO. The topological polar surface area (TPSA) is 23.5 Å². The number of halogens is 1. The molecule has 2 nitrogen and oxygen atoms in total. The van der Waals surface area contributed by atoms with Gasteiger partial charge in [0.1, 0.15) is 0 Å². The Labute approximate surface area is 77.0 Å². The van der Waals surface area contributed by atoms with E-state index in [1.54, 1.807) is 0 Å². The average Bonchev–Trinajstić information content (AvgIpc) is 1.97. The lowest BCUT2D eigenvalue weighted by atomic mass is 10.4. The van der Waals surface area contributed by atoms with Crippen molar-refractivity contribution in [3.63, 3.8) is 0 Å². The minimum atomic E-state index is 0.269. The minimum absolute atomic E-state index is 0.269. The minimum Gasteiger partial charge on any atom is -0.396 e. The summed E-state index contributed by atoms with van der Waals surface area (Å²) in [6, 6.07) is 0. The van der Waals surface area contributed by atoms with Gasteiger partial charge in [-0.15, -0.1) is 0 Å². The number of hydrogen-bond donors (Lipinski definition) is 1. The standard InChI is InChI=1S/C8H16BrNO/c1-3-10(5-4-6-11)7-8(2)9/h11H,2-7H2,1H3. The Hall–Kier alpha value is 0.140. The second kappa shape index (κ2) is 6.83. The van der Waals surface area contributed by atoms with Crippen LogP contribution in [0.3, 0.4) is 0 Å². The van der Waals surface area contributed by atoms with Crippen molar-refractivity contribution in [1.82, 2.24) is 4.90 Å². The molecule has 0 atom stereocenters. The van der Waals surface area contributed by atoms with Crippen LogP contribution in [-0.2, 0) is 0 Å². The fraction of sp³-hybridized carbons (Fsp3) is 0.750. The Bertz CT molecular complexity index is 117. The molecule has 0 aromatic heterocycles. The molecule has 0 spiro atoms. The molecular formula is C8H16BrNO. The van der Waals surface area contributed by atoms with Gasteiger partial charge in [0, 0.05) is 24.2 Å². The van der Waals surface area contributed by atoms with Gasteiger partial charge in [-0.05, 0) is 13.0 Å². The van der Waals surface area contributed by atoms with E-state index in [2.05, 4.69) is 34.3 Å². The fourth-order valence-corrected chi connectivity index (χ4v) is 1.24. The van der Waals surface area contributed by atoms with Crippen LogP contribution in [0.4, 0.5) is 0 Å². The van der Waals surface area contributed by atoms with Crippen LogP contribution < -0.4 is 0 Å². The number of aliphatic hydroxyl groups excluding tert-OH is 1. The van der Waals surface area contributed by atoms with Crippen molar-refractivity contribution in [3.05, 3.63) is 11.1 Å². The molecule has 0 radical (unpaired) electrons. The van der Waals surface area contributed by atoms with Crippen LogP contribution in [-0.4, -0.2) is 36.2 Å². The molecule has 3 heteroatoms. The molecule has 0 saturated heterocycles. The van der Waals surface area contributed by atoms with Crippen molar-refractivity contribution in [2.24, 2.45) is 0 Å². The molecule has 66 valence electrons. The van der Waals surface area contributed by atoms with Crippen LogP contribution in [0, 0.1) is 0 Å². The molecule has 0 aromatic rings. The van der Waals surface area contributed by atoms with Crippen LogP contribution in [0.5, 0.6) is 0 Å². The zero-order valence-corrected chi connectivity index (χ0v) is 8.60. The summed E-state index contributed by atoms with van der Waals surface area (Å²) >= 11 is 3.31. The van der Waals surface area contributed by atoms with Gasteiger partial charge >= 0.3 is 0 Å². The first-order valence-electron chi connectivity index (χ1n) is 3.87. The van der Waals surface area contributed by atoms with Gasteiger partial charge in [0.2, 0.25) is 0 Å². The first-order chi connectivity index (χ1) is 5.20. The average molecular weight is 222 g/mol. The number of aliphatic hydroxyl groups is 1. The molecule has 0 aliphatic rings. The van der Waals surface area contributed by atoms with Crippen molar-refractivity contribution in [1.29, 1.82) is 0 Å². The van der Waals surface area contributed by atoms with Gasteiger partial charge in [0.05, 0.1) is 0 Å². The maximum atomic E-state index is 8.58. The van der Waals surface area contributed by atoms with Crippen LogP contribution in [0.25, 0.3) is 0 Å². The molecule has 0 aromatic carbocycles. The summed E-state index contributed by atoms with van der Waals surface area (Å²) in [6.07, 6.45) is 0.841. The van der Waals surface area contributed by atoms with Crippen LogP contribution in [0.15, 0.2) is 11.1 Å². The Morgan fingerprint density at radius 2 is 2.27 bits per heavy atom. The summed E-state index contributed by atoms with van der Waals surface area (Å²) in [5.74, 6) is 0. The van der Waals surface area contributed by atoms with Crippen molar-refractivity contribution in [3.8, 4) is 0 Å². The van der Waals surface area contributed by atoms with Crippen molar-refractivity contribution in [2.45, 2.75) is 13.3 Å². The maximum absolute atomic E-state index is 8.58. The van der Waals surface area contributed by atoms with Crippen LogP contribution in [0.2, 0.25) is 0 Å². The van der Waals surface area contributed by atoms with Gasteiger partial charge in [0.15, 0.2) is 0 Å². The third-order valence-corrected chi connectivity index (χ3v) is 1.73. The second-order valence-corrected chi connectivity index (χ2v) is 3.58. The van der Waals surface area contributed by atoms with Gasteiger partial charge in [0.25, 0.3) is 0 Å². The summed E-state index contributed by atoms with van der Waals surface area (Å²) in [7, 11) is 0. The molecule has 0 rings (SSSR count). The molecule has 0 unspecified atom stereocenters. The molecule has 0 aliphatic heterocycles. The maximum Gasteiger partial charge on any atom is 0.0443 e. The highest BCUT2D eigenvalue weighted by Crippen LogP contribution is 2.03. The number of nitrogens with zero attached hydrogens (tertiary/aromatic N) is 1. The number of likely N-dealkylation sites (N-methyl/N-ethyl adjacent to an activating group) is 1. The van der Waals surface area contributed by atoms with Crippen LogP contribution >= 0.6 is 15.9 Å². The van der Waals surface area contributed by atoms with E-state index in [4.69, 9.17) is 5.11 Å². The highest BCUT2D eigenvalue weighted by atomic mass is 79.9. The first-order valence-corrected chi connectivity index (χ1v) is 4.66. The molecular weight excluding hydrogens is 206 g/mol. The summed E-state index contributed by atoms with van der Waals surface area (Å²) in [6.45, 7) is 8.96. The number of hydrogen-bond acceptors (Lipinski definition) is 2. The largest absolute Gasteiger partial charge is 0.396 e. The highest BCUT2D eigenvalue weighted by molar-refractivity contribution is 9.11. The van der Waals surface area contributed by atoms with E-state index in [0.29, 0.717) is 0 Å². The van der Waals surface area contributed by atoms with E-state index in [0.717, 1.165) is 30.5 Å². The van der Waals surface area contributed by atoms with E-state index in [1.807, 2.05) is 0 Å². The molecule has 0 aliphatic carbocycles. The van der Waals surface area contributed by atoms with Crippen LogP contribution in [0.1, 0.15) is 13.3 Å². The predicted molar refractivity (Wildman–Crippen MR) is 51.9 cm³/mol. The third-order valence-electron chi connectivity index (χ3n) is 1.47. The summed E-state index contributed by atoms with van der Waals surface area (Å²) < 4.78 is 0.997. The molecule has 0 saturated carbocycles. The normalized spacial score (nSPS) is 10.5. The Kier molecular flexibility index (Phi) is 6.91. The number of rotatable bonds is 6. The smallest absolute Gasteiger partial charge is 0.0443 e. The van der Waals surface area contributed by atoms with Gasteiger partial charge in [-0.1, -0.05) is 29.4 Å². The van der Waals surface area contributed by atoms with Gasteiger partial charge in [-0.25, -0.2) is 0 Å². The van der Waals surface area contributed by atoms with E-state index in [-0.39, 0.29) is 6.61 Å². The lowest BCUT2D eigenvalue weighted by Crippen LogP contribution is -2.26. The predicted octanol–water partition coefficient (Wildman–Crippen LogP) is 1.60. The molecule has 11 heavy (non-hydrogen) atoms. The van der Waals surface area contributed by atoms with Gasteiger partial charge in [-0.2, -0.15) is 0 Å². The summed E-state index contributed by atoms with van der Waals surface area (Å²) in [5, 5.41) is 8.58. The summed E-state index contributed by atoms with van der Waals surface area (Å²) in [4.78, 5) is 2.23. The van der Waals surface area contributed by atoms with E-state index in [1.165, 1.54) is 0 Å². The zero-order valence-electron chi connectivity index (χ0n) is 7.02. The molecule has 0 heterocycles. The van der Waals surface area contributed by atoms with E-state index >= 15 is 0 Å². The lowest BCUT2D eigenvalue weighted by molar-refractivity contribution is 0.241. The van der Waals surface area contributed by atoms with Crippen molar-refractivity contribution < 1.29 is 5.11 Å². The quantitative estimate of drug-likeness (QED) is 0.737. The Morgan fingerprint density at radius 1 is 1.64 bits per heavy atom.